The third kappa shape index (κ3) is 2.39. The minimum absolute atomic E-state index is 0. The van der Waals surface area contributed by atoms with Crippen LogP contribution in [0.15, 0.2) is 11.9 Å². The molecule has 1 heterocycles. The van der Waals surface area contributed by atoms with Gasteiger partial charge in [-0.3, -0.25) is 0 Å². The number of rotatable bonds is 0. The van der Waals surface area contributed by atoms with Gasteiger partial charge in [0.15, 0.2) is 0 Å². The van der Waals surface area contributed by atoms with E-state index in [1.54, 1.807) is 0 Å². The van der Waals surface area contributed by atoms with Crippen LogP contribution in [0.1, 0.15) is 0 Å². The fourth-order valence-electron chi connectivity index (χ4n) is 0.186. The molecule has 0 nitrogen and oxygen atoms in total. The Morgan fingerprint density at radius 2 is 2.50 bits per heavy atom. The molecule has 0 bridgehead atoms. The van der Waals surface area contributed by atoms with Crippen molar-refractivity contribution in [3.8, 4) is 0 Å². The Kier molecular flexibility index (Phi) is 5.25. The van der Waals surface area contributed by atoms with Crippen molar-refractivity contribution < 1.29 is 29.6 Å². The predicted octanol–water partition coefficient (Wildman–Crippen LogP) is -0.898. The van der Waals surface area contributed by atoms with Gasteiger partial charge in [0.05, 0.1) is 0 Å². The summed E-state index contributed by atoms with van der Waals surface area (Å²) >= 11 is 0. The maximum Gasteiger partial charge on any atom is 1.00 e. The molecule has 6 heavy (non-hydrogen) atoms. The first-order chi connectivity index (χ1) is 2.50. The van der Waals surface area contributed by atoms with Crippen LogP contribution in [0.2, 0.25) is 0 Å². The molecular weight excluding hydrogens is 121 g/mol. The monoisotopic (exact) mass is 124 g/mol. The van der Waals surface area contributed by atoms with E-state index < -0.39 is 0 Å². The fourth-order valence-corrected chi connectivity index (χ4v) is 1.68. The Morgan fingerprint density at radius 3 is 2.67 bits per heavy atom. The molecule has 26 valence electrons. The van der Waals surface area contributed by atoms with Crippen LogP contribution in [0, 0.1) is 5.80 Å². The Morgan fingerprint density at radius 1 is 1.67 bits per heavy atom. The molecule has 3 heteroatoms. The van der Waals surface area contributed by atoms with E-state index in [4.69, 9.17) is 0 Å². The van der Waals surface area contributed by atoms with Gasteiger partial charge in [0.1, 0.15) is 0 Å². The van der Waals surface area contributed by atoms with Crippen LogP contribution >= 0.6 is 15.7 Å². The summed E-state index contributed by atoms with van der Waals surface area (Å²) in [7, 11) is 2.35. The Balaban J connectivity index is 0.000000250. The summed E-state index contributed by atoms with van der Waals surface area (Å²) in [6, 6.07) is 1.99. The maximum atomic E-state index is 3.03. The van der Waals surface area contributed by atoms with Crippen molar-refractivity contribution in [2.45, 2.75) is 0 Å². The largest absolute Gasteiger partial charge is 1.00 e. The second kappa shape index (κ2) is 4.37. The van der Waals surface area contributed by atoms with Crippen molar-refractivity contribution >= 4 is 15.7 Å². The Bertz CT molecular complexity index is 65.3. The van der Waals surface area contributed by atoms with Crippen molar-refractivity contribution in [3.05, 3.63) is 17.7 Å². The molecule has 0 aliphatic heterocycles. The van der Waals surface area contributed by atoms with E-state index in [-0.39, 0.29) is 29.6 Å². The molecule has 0 aliphatic rings. The van der Waals surface area contributed by atoms with E-state index in [9.17, 15) is 0 Å². The standard InChI is InChI=1S/C3H3P2.Na/c1-2-4-5-3-1;/h1-2,4H;/q-1;+1. The van der Waals surface area contributed by atoms with E-state index in [0.717, 1.165) is 7.87 Å². The van der Waals surface area contributed by atoms with E-state index in [0.29, 0.717) is 0 Å². The second-order valence-corrected chi connectivity index (χ2v) is 3.22. The zero-order chi connectivity index (χ0) is 3.54. The molecule has 0 aromatic carbocycles. The van der Waals surface area contributed by atoms with Crippen LogP contribution in [0.3, 0.4) is 0 Å². The SMILES string of the molecule is [Na+].[c-]1cc[pH]p1. The van der Waals surface area contributed by atoms with Crippen molar-refractivity contribution in [2.24, 2.45) is 0 Å². The smallest absolute Gasteiger partial charge is 0.225 e. The number of hydrogen-bond donors (Lipinski definition) is 0. The summed E-state index contributed by atoms with van der Waals surface area (Å²) in [6.07, 6.45) is 0. The van der Waals surface area contributed by atoms with Crippen LogP contribution in [0.4, 0.5) is 0 Å². The van der Waals surface area contributed by atoms with Gasteiger partial charge in [-0.15, -0.1) is 0 Å². The Hall–Kier alpha value is 1.21. The molecule has 1 aromatic heterocycles. The van der Waals surface area contributed by atoms with Gasteiger partial charge < -0.3 is 0 Å². The zero-order valence-electron chi connectivity index (χ0n) is 3.60. The first-order valence-electron chi connectivity index (χ1n) is 1.36. The molecule has 0 amide bonds. The average molecular weight is 124 g/mol. The van der Waals surface area contributed by atoms with Gasteiger partial charge in [0, 0.05) is 0 Å². The van der Waals surface area contributed by atoms with E-state index >= 15 is 0 Å². The molecule has 0 saturated carbocycles. The maximum absolute atomic E-state index is 3.03. The second-order valence-electron chi connectivity index (χ2n) is 0.703. The molecule has 0 radical (unpaired) electrons. The molecule has 1 rings (SSSR count). The summed E-state index contributed by atoms with van der Waals surface area (Å²) in [6.45, 7) is 0. The molecule has 0 saturated heterocycles. The molecule has 1 aromatic rings. The molecule has 0 N–H and O–H groups in total. The van der Waals surface area contributed by atoms with Crippen LogP contribution in [-0.2, 0) is 0 Å². The van der Waals surface area contributed by atoms with Gasteiger partial charge in [-0.2, -0.15) is 13.7 Å². The minimum atomic E-state index is 0. The molecule has 1 atom stereocenters. The van der Waals surface area contributed by atoms with Gasteiger partial charge in [-0.25, -0.2) is 19.7 Å². The first-order valence-corrected chi connectivity index (χ1v) is 4.17. The van der Waals surface area contributed by atoms with Crippen molar-refractivity contribution in [1.29, 1.82) is 0 Å². The van der Waals surface area contributed by atoms with E-state index in [1.807, 2.05) is 6.07 Å². The van der Waals surface area contributed by atoms with Crippen LogP contribution in [-0.4, -0.2) is 0 Å². The summed E-state index contributed by atoms with van der Waals surface area (Å²) in [5.41, 5.74) is 0. The topological polar surface area (TPSA) is 0 Å². The average Bonchev–Trinajstić information content (AvgIpc) is 1.76. The summed E-state index contributed by atoms with van der Waals surface area (Å²) in [5, 5.41) is 0. The zero-order valence-corrected chi connectivity index (χ0v) is 7.50. The van der Waals surface area contributed by atoms with Gasteiger partial charge in [-0.1, -0.05) is 0 Å². The minimum Gasteiger partial charge on any atom is -0.225 e. The molecule has 0 fully saturated rings. The predicted molar refractivity (Wildman–Crippen MR) is 27.3 cm³/mol. The number of hydrogen-bond acceptors (Lipinski definition) is 0. The summed E-state index contributed by atoms with van der Waals surface area (Å²) < 4.78 is 0. The molecule has 0 aliphatic carbocycles. The van der Waals surface area contributed by atoms with Crippen LogP contribution in [0.5, 0.6) is 0 Å². The molecule has 1 unspecified atom stereocenters. The summed E-state index contributed by atoms with van der Waals surface area (Å²) in [4.78, 5) is 0. The van der Waals surface area contributed by atoms with Crippen molar-refractivity contribution in [3.63, 3.8) is 0 Å². The van der Waals surface area contributed by atoms with Crippen molar-refractivity contribution in [2.75, 3.05) is 0 Å². The fraction of sp³-hybridized carbons (Fsp3) is 0. The van der Waals surface area contributed by atoms with Crippen LogP contribution < -0.4 is 29.6 Å². The first kappa shape index (κ1) is 7.21. The van der Waals surface area contributed by atoms with Crippen molar-refractivity contribution in [1.82, 2.24) is 0 Å². The van der Waals surface area contributed by atoms with Gasteiger partial charge >= 0.3 is 29.6 Å². The van der Waals surface area contributed by atoms with E-state index in [1.165, 1.54) is 7.87 Å². The normalized spacial score (nSPS) is 9.33. The summed E-state index contributed by atoms with van der Waals surface area (Å²) in [5.74, 6) is 5.17. The molecule has 0 spiro atoms. The van der Waals surface area contributed by atoms with Gasteiger partial charge in [0.2, 0.25) is 0 Å². The van der Waals surface area contributed by atoms with Gasteiger partial charge in [0.25, 0.3) is 0 Å². The van der Waals surface area contributed by atoms with Gasteiger partial charge in [-0.05, 0) is 0 Å². The quantitative estimate of drug-likeness (QED) is 0.310. The third-order valence-corrected chi connectivity index (χ3v) is 2.31. The van der Waals surface area contributed by atoms with E-state index in [2.05, 4.69) is 11.6 Å². The third-order valence-electron chi connectivity index (χ3n) is 0.362. The molecular formula is C3H3NaP2. The van der Waals surface area contributed by atoms with Crippen LogP contribution in [0.25, 0.3) is 0 Å². The Labute approximate surface area is 62.7 Å².